The van der Waals surface area contributed by atoms with Crippen LogP contribution in [-0.4, -0.2) is 18.5 Å². The van der Waals surface area contributed by atoms with E-state index in [0.717, 1.165) is 18.9 Å². The zero-order valence-corrected chi connectivity index (χ0v) is 12.6. The van der Waals surface area contributed by atoms with E-state index in [2.05, 4.69) is 34.6 Å². The molecule has 4 atom stereocenters. The monoisotopic (exact) mass is 252 g/mol. The molecule has 3 aliphatic rings. The van der Waals surface area contributed by atoms with Gasteiger partial charge in [-0.05, 0) is 30.6 Å². The molecule has 2 aliphatic carbocycles. The van der Waals surface area contributed by atoms with Crippen molar-refractivity contribution in [3.63, 3.8) is 0 Å². The molecule has 1 spiro atoms. The van der Waals surface area contributed by atoms with Gasteiger partial charge in [-0.15, -0.1) is 0 Å². The third-order valence-corrected chi connectivity index (χ3v) is 6.69. The molecule has 104 valence electrons. The lowest BCUT2D eigenvalue weighted by molar-refractivity contribution is -0.304. The van der Waals surface area contributed by atoms with Crippen LogP contribution in [0, 0.1) is 22.7 Å². The minimum absolute atomic E-state index is 0.00530. The first-order valence-corrected chi connectivity index (χ1v) is 7.62. The van der Waals surface area contributed by atoms with Crippen LogP contribution < -0.4 is 0 Å². The lowest BCUT2D eigenvalue weighted by Gasteiger charge is -2.52. The van der Waals surface area contributed by atoms with Crippen LogP contribution in [-0.2, 0) is 9.47 Å². The normalized spacial score (nSPS) is 50.3. The largest absolute Gasteiger partial charge is 0.352 e. The second kappa shape index (κ2) is 3.73. The first kappa shape index (κ1) is 12.9. The molecule has 0 aromatic carbocycles. The van der Waals surface area contributed by atoms with Crippen molar-refractivity contribution in [2.75, 3.05) is 6.61 Å². The van der Waals surface area contributed by atoms with Crippen molar-refractivity contribution in [3.8, 4) is 0 Å². The Bertz CT molecular complexity index is 349. The molecule has 0 amide bonds. The fourth-order valence-corrected chi connectivity index (χ4v) is 4.93. The Morgan fingerprint density at radius 1 is 1.11 bits per heavy atom. The van der Waals surface area contributed by atoms with E-state index in [9.17, 15) is 0 Å². The van der Waals surface area contributed by atoms with Crippen LogP contribution in [0.5, 0.6) is 0 Å². The van der Waals surface area contributed by atoms with E-state index in [4.69, 9.17) is 9.47 Å². The number of rotatable bonds is 1. The summed E-state index contributed by atoms with van der Waals surface area (Å²) in [7, 11) is 0. The van der Waals surface area contributed by atoms with E-state index >= 15 is 0 Å². The van der Waals surface area contributed by atoms with Crippen molar-refractivity contribution in [2.45, 2.75) is 72.2 Å². The highest BCUT2D eigenvalue weighted by Gasteiger charge is 2.70. The first-order chi connectivity index (χ1) is 8.32. The van der Waals surface area contributed by atoms with Crippen LogP contribution in [0.25, 0.3) is 0 Å². The Labute approximate surface area is 111 Å². The molecular weight excluding hydrogens is 224 g/mol. The van der Waals surface area contributed by atoms with Gasteiger partial charge in [0.05, 0.1) is 12.2 Å². The van der Waals surface area contributed by atoms with E-state index in [1.165, 1.54) is 19.3 Å². The molecule has 18 heavy (non-hydrogen) atoms. The molecule has 2 saturated carbocycles. The summed E-state index contributed by atoms with van der Waals surface area (Å²) in [4.78, 5) is 0. The quantitative estimate of drug-likeness (QED) is 0.702. The van der Waals surface area contributed by atoms with Crippen molar-refractivity contribution < 1.29 is 9.47 Å². The third kappa shape index (κ3) is 1.37. The van der Waals surface area contributed by atoms with Gasteiger partial charge in [-0.1, -0.05) is 34.6 Å². The minimum Gasteiger partial charge on any atom is -0.352 e. The maximum atomic E-state index is 6.55. The topological polar surface area (TPSA) is 18.5 Å². The maximum Gasteiger partial charge on any atom is 0.160 e. The van der Waals surface area contributed by atoms with E-state index in [1.54, 1.807) is 0 Å². The van der Waals surface area contributed by atoms with Crippen molar-refractivity contribution >= 4 is 0 Å². The maximum absolute atomic E-state index is 6.55. The molecule has 0 N–H and O–H groups in total. The number of hydrogen-bond acceptors (Lipinski definition) is 2. The molecular formula is C16H28O2. The van der Waals surface area contributed by atoms with E-state index in [1.807, 2.05) is 0 Å². The van der Waals surface area contributed by atoms with Crippen molar-refractivity contribution in [1.82, 2.24) is 0 Å². The standard InChI is InChI=1S/C16H28O2/c1-11(2)13-17-9-8-16(18-13)10-12-6-7-15(16,5)14(12,3)4/h11-13H,6-10H2,1-5H3/t12?,13-,15+,16+/m0/s1. The zero-order chi connectivity index (χ0) is 13.2. The van der Waals surface area contributed by atoms with Gasteiger partial charge in [0.1, 0.15) is 0 Å². The molecule has 3 fully saturated rings. The number of fused-ring (bicyclic) bond motifs is 3. The van der Waals surface area contributed by atoms with Gasteiger partial charge in [-0.2, -0.15) is 0 Å². The van der Waals surface area contributed by atoms with Crippen molar-refractivity contribution in [3.05, 3.63) is 0 Å². The molecule has 1 saturated heterocycles. The molecule has 2 nitrogen and oxygen atoms in total. The highest BCUT2D eigenvalue weighted by atomic mass is 16.7. The summed E-state index contributed by atoms with van der Waals surface area (Å²) in [5.41, 5.74) is 0.847. The predicted octanol–water partition coefficient (Wildman–Crippen LogP) is 3.99. The average Bonchev–Trinajstić information content (AvgIpc) is 2.61. The Balaban J connectivity index is 1.93. The Morgan fingerprint density at radius 2 is 1.83 bits per heavy atom. The predicted molar refractivity (Wildman–Crippen MR) is 72.2 cm³/mol. The summed E-state index contributed by atoms with van der Waals surface area (Å²) in [6, 6.07) is 0. The molecule has 0 aromatic heterocycles. The first-order valence-electron chi connectivity index (χ1n) is 7.62. The van der Waals surface area contributed by atoms with Gasteiger partial charge in [0.25, 0.3) is 0 Å². The van der Waals surface area contributed by atoms with Gasteiger partial charge < -0.3 is 9.47 Å². The van der Waals surface area contributed by atoms with Gasteiger partial charge in [-0.3, -0.25) is 0 Å². The third-order valence-electron chi connectivity index (χ3n) is 6.69. The molecule has 2 bridgehead atoms. The second-order valence-corrected chi connectivity index (χ2v) is 7.84. The SMILES string of the molecule is CC(C)[C@H]1OCC[C@]2(CC3CC[C@]2(C)C3(C)C)O1. The summed E-state index contributed by atoms with van der Waals surface area (Å²) in [5.74, 6) is 1.29. The molecule has 2 heteroatoms. The highest BCUT2D eigenvalue weighted by Crippen LogP contribution is 2.72. The van der Waals surface area contributed by atoms with E-state index in [-0.39, 0.29) is 11.9 Å². The Hall–Kier alpha value is -0.0800. The molecule has 0 radical (unpaired) electrons. The van der Waals surface area contributed by atoms with Crippen LogP contribution in [0.15, 0.2) is 0 Å². The van der Waals surface area contributed by atoms with Crippen molar-refractivity contribution in [2.24, 2.45) is 22.7 Å². The number of hydrogen-bond donors (Lipinski definition) is 0. The van der Waals surface area contributed by atoms with Gasteiger partial charge in [0.15, 0.2) is 6.29 Å². The zero-order valence-electron chi connectivity index (χ0n) is 12.6. The summed E-state index contributed by atoms with van der Waals surface area (Å²) >= 11 is 0. The van der Waals surface area contributed by atoms with Crippen LogP contribution in [0.2, 0.25) is 0 Å². The molecule has 1 heterocycles. The van der Waals surface area contributed by atoms with E-state index in [0.29, 0.717) is 16.7 Å². The Morgan fingerprint density at radius 3 is 2.33 bits per heavy atom. The molecule has 1 aliphatic heterocycles. The van der Waals surface area contributed by atoms with Crippen LogP contribution in [0.1, 0.15) is 60.3 Å². The summed E-state index contributed by atoms with van der Waals surface area (Å²) < 4.78 is 12.4. The average molecular weight is 252 g/mol. The van der Waals surface area contributed by atoms with Crippen LogP contribution in [0.4, 0.5) is 0 Å². The number of ether oxygens (including phenoxy) is 2. The lowest BCUT2D eigenvalue weighted by atomic mass is 9.63. The second-order valence-electron chi connectivity index (χ2n) is 7.84. The van der Waals surface area contributed by atoms with Gasteiger partial charge in [-0.25, -0.2) is 0 Å². The fourth-order valence-electron chi connectivity index (χ4n) is 4.93. The lowest BCUT2D eigenvalue weighted by Crippen LogP contribution is -2.55. The molecule has 0 aromatic rings. The minimum atomic E-state index is 0.00530. The van der Waals surface area contributed by atoms with Gasteiger partial charge >= 0.3 is 0 Å². The highest BCUT2D eigenvalue weighted by molar-refractivity contribution is 5.19. The summed E-state index contributed by atoms with van der Waals surface area (Å²) in [6.07, 6.45) is 5.07. The van der Waals surface area contributed by atoms with Gasteiger partial charge in [0.2, 0.25) is 0 Å². The summed E-state index contributed by atoms with van der Waals surface area (Å²) in [5, 5.41) is 0. The van der Waals surface area contributed by atoms with Crippen LogP contribution >= 0.6 is 0 Å². The van der Waals surface area contributed by atoms with Crippen LogP contribution in [0.3, 0.4) is 0 Å². The van der Waals surface area contributed by atoms with Crippen molar-refractivity contribution in [1.29, 1.82) is 0 Å². The molecule has 3 rings (SSSR count). The summed E-state index contributed by atoms with van der Waals surface area (Å²) in [6.45, 7) is 12.7. The molecule has 1 unspecified atom stereocenters. The van der Waals surface area contributed by atoms with E-state index < -0.39 is 0 Å². The smallest absolute Gasteiger partial charge is 0.160 e. The fraction of sp³-hybridized carbons (Fsp3) is 1.00. The van der Waals surface area contributed by atoms with Gasteiger partial charge in [0, 0.05) is 17.8 Å². The Kier molecular flexibility index (Phi) is 2.68.